The Morgan fingerprint density at radius 1 is 1.50 bits per heavy atom. The molecule has 0 saturated carbocycles. The molecular formula is C7H15ClN2O2. The van der Waals surface area contributed by atoms with Crippen LogP contribution in [0.5, 0.6) is 0 Å². The van der Waals surface area contributed by atoms with Gasteiger partial charge in [0, 0.05) is 0 Å². The fourth-order valence-corrected chi connectivity index (χ4v) is 1.32. The van der Waals surface area contributed by atoms with Crippen LogP contribution in [0.1, 0.15) is 0 Å². The van der Waals surface area contributed by atoms with Crippen molar-refractivity contribution in [3.05, 3.63) is 0 Å². The number of primary amides is 1. The molecule has 0 aromatic rings. The lowest BCUT2D eigenvalue weighted by Crippen LogP contribution is -3.00. The summed E-state index contributed by atoms with van der Waals surface area (Å²) in [5.74, 6) is -0.227. The summed E-state index contributed by atoms with van der Waals surface area (Å²) in [4.78, 5) is 10.6. The molecule has 12 heavy (non-hydrogen) atoms. The smallest absolute Gasteiger partial charge is 0.272 e. The number of halogens is 1. The number of hydrogen-bond acceptors (Lipinski definition) is 2. The van der Waals surface area contributed by atoms with Gasteiger partial charge in [-0.15, -0.1) is 0 Å². The maximum atomic E-state index is 10.6. The van der Waals surface area contributed by atoms with Crippen molar-refractivity contribution in [2.75, 3.05) is 39.9 Å². The fraction of sp³-hybridized carbons (Fsp3) is 0.857. The van der Waals surface area contributed by atoms with E-state index in [1.54, 1.807) is 0 Å². The zero-order valence-corrected chi connectivity index (χ0v) is 8.01. The van der Waals surface area contributed by atoms with Crippen LogP contribution in [0.3, 0.4) is 0 Å². The van der Waals surface area contributed by atoms with Crippen molar-refractivity contribution in [3.8, 4) is 0 Å². The van der Waals surface area contributed by atoms with Gasteiger partial charge in [-0.25, -0.2) is 0 Å². The Labute approximate surface area is 78.7 Å². The number of nitrogens with zero attached hydrogens (tertiary/aromatic N) is 1. The Balaban J connectivity index is 0.00000121. The van der Waals surface area contributed by atoms with Crippen LogP contribution in [0.4, 0.5) is 0 Å². The molecule has 4 nitrogen and oxygen atoms in total. The van der Waals surface area contributed by atoms with Gasteiger partial charge in [0.1, 0.15) is 13.1 Å². The molecule has 1 amide bonds. The van der Waals surface area contributed by atoms with Crippen molar-refractivity contribution in [1.29, 1.82) is 0 Å². The second-order valence-corrected chi connectivity index (χ2v) is 3.30. The van der Waals surface area contributed by atoms with E-state index in [-0.39, 0.29) is 18.3 Å². The summed E-state index contributed by atoms with van der Waals surface area (Å²) >= 11 is 0. The lowest BCUT2D eigenvalue weighted by Gasteiger charge is -2.36. The van der Waals surface area contributed by atoms with Crippen molar-refractivity contribution < 1.29 is 26.4 Å². The summed E-state index contributed by atoms with van der Waals surface area (Å²) in [6.45, 7) is 3.70. The number of amides is 1. The van der Waals surface area contributed by atoms with Gasteiger partial charge in [-0.3, -0.25) is 4.79 Å². The van der Waals surface area contributed by atoms with Gasteiger partial charge in [0.2, 0.25) is 0 Å². The van der Waals surface area contributed by atoms with Crippen molar-refractivity contribution in [2.45, 2.75) is 0 Å². The van der Waals surface area contributed by atoms with E-state index in [0.717, 1.165) is 30.8 Å². The van der Waals surface area contributed by atoms with Gasteiger partial charge in [-0.05, 0) is 0 Å². The normalized spacial score (nSPS) is 21.1. The Morgan fingerprint density at radius 2 is 2.00 bits per heavy atom. The van der Waals surface area contributed by atoms with Crippen molar-refractivity contribution in [1.82, 2.24) is 0 Å². The molecule has 1 aliphatic heterocycles. The summed E-state index contributed by atoms with van der Waals surface area (Å²) < 4.78 is 5.91. The highest BCUT2D eigenvalue weighted by atomic mass is 35.5. The van der Waals surface area contributed by atoms with E-state index in [1.807, 2.05) is 7.05 Å². The third-order valence-electron chi connectivity index (χ3n) is 2.09. The highest BCUT2D eigenvalue weighted by molar-refractivity contribution is 5.74. The van der Waals surface area contributed by atoms with E-state index in [4.69, 9.17) is 10.5 Å². The Bertz CT molecular complexity index is 157. The topological polar surface area (TPSA) is 52.3 Å². The number of nitrogens with two attached hydrogens (primary N) is 1. The van der Waals surface area contributed by atoms with Gasteiger partial charge < -0.3 is 27.4 Å². The summed E-state index contributed by atoms with van der Waals surface area (Å²) in [7, 11) is 2.04. The number of morpholine rings is 1. The van der Waals surface area contributed by atoms with Crippen LogP contribution in [0, 0.1) is 0 Å². The fourth-order valence-electron chi connectivity index (χ4n) is 1.32. The number of hydrogen-bond donors (Lipinski definition) is 1. The number of carbonyl (C=O) groups is 1. The molecule has 0 aromatic carbocycles. The number of quaternary nitrogens is 1. The molecule has 0 bridgehead atoms. The zero-order chi connectivity index (χ0) is 8.32. The zero-order valence-electron chi connectivity index (χ0n) is 7.25. The predicted octanol–water partition coefficient (Wildman–Crippen LogP) is -4.05. The standard InChI is InChI=1S/C7H14N2O2.ClH/c1-9(6-7(8)10)2-4-11-5-3-9;/h2-6H2,1H3,(H-,8,10);1H. The van der Waals surface area contributed by atoms with E-state index in [9.17, 15) is 4.79 Å². The van der Waals surface area contributed by atoms with Gasteiger partial charge in [-0.2, -0.15) is 0 Å². The molecule has 0 radical (unpaired) electrons. The van der Waals surface area contributed by atoms with Crippen LogP contribution in [-0.4, -0.2) is 50.3 Å². The van der Waals surface area contributed by atoms with E-state index in [2.05, 4.69) is 0 Å². The largest absolute Gasteiger partial charge is 1.00 e. The average molecular weight is 195 g/mol. The van der Waals surface area contributed by atoms with Crippen LogP contribution in [0.25, 0.3) is 0 Å². The van der Waals surface area contributed by atoms with E-state index in [1.165, 1.54) is 0 Å². The van der Waals surface area contributed by atoms with Crippen molar-refractivity contribution in [2.24, 2.45) is 5.73 Å². The molecule has 2 N–H and O–H groups in total. The lowest BCUT2D eigenvalue weighted by atomic mass is 10.3. The highest BCUT2D eigenvalue weighted by Gasteiger charge is 2.26. The molecule has 0 unspecified atom stereocenters. The molecule has 1 fully saturated rings. The molecule has 0 atom stereocenters. The molecule has 1 heterocycles. The second kappa shape index (κ2) is 4.64. The van der Waals surface area contributed by atoms with Crippen molar-refractivity contribution in [3.63, 3.8) is 0 Å². The molecule has 72 valence electrons. The molecule has 0 aliphatic carbocycles. The van der Waals surface area contributed by atoms with Crippen LogP contribution in [0.15, 0.2) is 0 Å². The van der Waals surface area contributed by atoms with Gasteiger partial charge >= 0.3 is 0 Å². The van der Waals surface area contributed by atoms with Gasteiger partial charge in [0.25, 0.3) is 5.91 Å². The van der Waals surface area contributed by atoms with E-state index < -0.39 is 0 Å². The molecule has 1 rings (SSSR count). The van der Waals surface area contributed by atoms with E-state index >= 15 is 0 Å². The molecule has 0 aromatic heterocycles. The first-order valence-electron chi connectivity index (χ1n) is 3.82. The Kier molecular flexibility index (Phi) is 4.52. The number of rotatable bonds is 2. The average Bonchev–Trinajstić information content (AvgIpc) is 1.85. The first-order valence-corrected chi connectivity index (χ1v) is 3.82. The predicted molar refractivity (Wildman–Crippen MR) is 40.8 cm³/mol. The highest BCUT2D eigenvalue weighted by Crippen LogP contribution is 2.05. The van der Waals surface area contributed by atoms with Crippen LogP contribution in [0.2, 0.25) is 0 Å². The minimum atomic E-state index is -0.227. The van der Waals surface area contributed by atoms with Crippen LogP contribution >= 0.6 is 0 Å². The minimum Gasteiger partial charge on any atom is -1.00 e. The second-order valence-electron chi connectivity index (χ2n) is 3.30. The SMILES string of the molecule is C[N+]1(CC(N)=O)CCOCC1.[Cl-]. The van der Waals surface area contributed by atoms with Gasteiger partial charge in [-0.1, -0.05) is 0 Å². The maximum Gasteiger partial charge on any atom is 0.272 e. The monoisotopic (exact) mass is 194 g/mol. The molecular weight excluding hydrogens is 180 g/mol. The van der Waals surface area contributed by atoms with Gasteiger partial charge in [0.05, 0.1) is 20.3 Å². The lowest BCUT2D eigenvalue weighted by molar-refractivity contribution is -0.909. The van der Waals surface area contributed by atoms with Gasteiger partial charge in [0.15, 0.2) is 6.54 Å². The first-order chi connectivity index (χ1) is 5.12. The summed E-state index contributed by atoms with van der Waals surface area (Å²) in [5.41, 5.74) is 5.11. The molecule has 1 saturated heterocycles. The minimum absolute atomic E-state index is 0. The summed E-state index contributed by atoms with van der Waals surface area (Å²) in [5, 5.41) is 0. The number of carbonyl (C=O) groups excluding carboxylic acids is 1. The summed E-state index contributed by atoms with van der Waals surface area (Å²) in [6, 6.07) is 0. The third-order valence-corrected chi connectivity index (χ3v) is 2.09. The summed E-state index contributed by atoms with van der Waals surface area (Å²) in [6.07, 6.45) is 0. The molecule has 5 heteroatoms. The van der Waals surface area contributed by atoms with E-state index in [0.29, 0.717) is 6.54 Å². The van der Waals surface area contributed by atoms with Crippen molar-refractivity contribution >= 4 is 5.91 Å². The Morgan fingerprint density at radius 3 is 2.42 bits per heavy atom. The maximum absolute atomic E-state index is 10.6. The third kappa shape index (κ3) is 3.38. The molecule has 0 spiro atoms. The number of ether oxygens (including phenoxy) is 1. The Hall–Kier alpha value is -0.320. The quantitative estimate of drug-likeness (QED) is 0.455. The van der Waals surface area contributed by atoms with Crippen LogP contribution < -0.4 is 18.1 Å². The first kappa shape index (κ1) is 11.7. The van der Waals surface area contributed by atoms with Crippen LogP contribution in [-0.2, 0) is 9.53 Å². The molecule has 1 aliphatic rings. The number of likely N-dealkylation sites (N-methyl/N-ethyl adjacent to an activating group) is 1.